The summed E-state index contributed by atoms with van der Waals surface area (Å²) in [7, 11) is 0. The first-order chi connectivity index (χ1) is 6.11. The first kappa shape index (κ1) is 9.88. The number of halogens is 1. The van der Waals surface area contributed by atoms with E-state index >= 15 is 0 Å². The molecule has 0 radical (unpaired) electrons. The van der Waals surface area contributed by atoms with E-state index in [-0.39, 0.29) is 17.5 Å². The van der Waals surface area contributed by atoms with E-state index in [4.69, 9.17) is 11.6 Å². The maximum Gasteiger partial charge on any atom is 0.180 e. The average Bonchev–Trinajstić information content (AvgIpc) is 2.08. The fourth-order valence-corrected chi connectivity index (χ4v) is 0.953. The zero-order valence-corrected chi connectivity index (χ0v) is 7.72. The van der Waals surface area contributed by atoms with Crippen LogP contribution in [0, 0.1) is 5.82 Å². The Morgan fingerprint density at radius 3 is 2.62 bits per heavy atom. The van der Waals surface area contributed by atoms with Crippen molar-refractivity contribution in [1.29, 1.82) is 0 Å². The van der Waals surface area contributed by atoms with E-state index < -0.39 is 0 Å². The molecule has 0 unspecified atom stereocenters. The van der Waals surface area contributed by atoms with Gasteiger partial charge in [0.2, 0.25) is 0 Å². The minimum Gasteiger partial charge on any atom is -0.375 e. The van der Waals surface area contributed by atoms with Crippen molar-refractivity contribution in [2.24, 2.45) is 11.6 Å². The van der Waals surface area contributed by atoms with E-state index in [1.165, 1.54) is 6.07 Å². The van der Waals surface area contributed by atoms with Crippen LogP contribution < -0.4 is 11.6 Å². The van der Waals surface area contributed by atoms with E-state index in [0.717, 1.165) is 5.01 Å². The van der Waals surface area contributed by atoms with Gasteiger partial charge in [-0.3, -0.25) is 5.01 Å². The second-order valence-corrected chi connectivity index (χ2v) is 2.98. The molecule has 5 heteroatoms. The largest absolute Gasteiger partial charge is 0.375 e. The second-order valence-electron chi connectivity index (χ2n) is 2.56. The molecule has 0 atom stereocenters. The topological polar surface area (TPSA) is 55.3 Å². The molecular formula is C8H10FN3S. The van der Waals surface area contributed by atoms with Gasteiger partial charge in [0.1, 0.15) is 5.82 Å². The molecular weight excluding hydrogens is 189 g/mol. The van der Waals surface area contributed by atoms with E-state index in [1.807, 2.05) is 0 Å². The summed E-state index contributed by atoms with van der Waals surface area (Å²) in [5, 5.41) is 1.16. The molecule has 70 valence electrons. The minimum atomic E-state index is -0.311. The molecule has 1 rings (SSSR count). The number of nitrogens with zero attached hydrogens (tertiary/aromatic N) is 1. The van der Waals surface area contributed by atoms with Crippen LogP contribution in [0.3, 0.4) is 0 Å². The lowest BCUT2D eigenvalue weighted by molar-refractivity contribution is 0.425. The molecule has 0 saturated carbocycles. The summed E-state index contributed by atoms with van der Waals surface area (Å²) < 4.78 is 13.0. The number of hydrogen-bond acceptors (Lipinski definition) is 2. The van der Waals surface area contributed by atoms with E-state index in [0.29, 0.717) is 5.56 Å². The number of thiocarbonyl (C=S) groups is 1. The summed E-state index contributed by atoms with van der Waals surface area (Å²) in [4.78, 5) is 0. The van der Waals surface area contributed by atoms with E-state index in [1.54, 1.807) is 18.2 Å². The van der Waals surface area contributed by atoms with Crippen LogP contribution in [0.2, 0.25) is 0 Å². The van der Waals surface area contributed by atoms with Crippen LogP contribution >= 0.6 is 12.2 Å². The third-order valence-corrected chi connectivity index (χ3v) is 1.82. The zero-order valence-electron chi connectivity index (χ0n) is 6.90. The van der Waals surface area contributed by atoms with Crippen LogP contribution in [-0.2, 0) is 6.54 Å². The Morgan fingerprint density at radius 1 is 1.46 bits per heavy atom. The summed E-state index contributed by atoms with van der Waals surface area (Å²) in [5.74, 6) is 5.11. The Kier molecular flexibility index (Phi) is 3.16. The van der Waals surface area contributed by atoms with Crippen molar-refractivity contribution in [1.82, 2.24) is 5.01 Å². The normalized spacial score (nSPS) is 9.69. The maximum absolute atomic E-state index is 13.0. The first-order valence-corrected chi connectivity index (χ1v) is 4.07. The predicted molar refractivity (Wildman–Crippen MR) is 52.9 cm³/mol. The van der Waals surface area contributed by atoms with Gasteiger partial charge < -0.3 is 5.73 Å². The third kappa shape index (κ3) is 2.64. The van der Waals surface area contributed by atoms with Crippen LogP contribution in [0.25, 0.3) is 0 Å². The van der Waals surface area contributed by atoms with Gasteiger partial charge in [-0.15, -0.1) is 0 Å². The molecule has 3 nitrogen and oxygen atoms in total. The summed E-state index contributed by atoms with van der Waals surface area (Å²) in [6.45, 7) is 0.183. The summed E-state index contributed by atoms with van der Waals surface area (Å²) in [6, 6.07) is 6.34. The molecule has 0 fully saturated rings. The molecule has 0 aliphatic carbocycles. The highest BCUT2D eigenvalue weighted by atomic mass is 32.1. The Balaban J connectivity index is 2.74. The van der Waals surface area contributed by atoms with Crippen molar-refractivity contribution in [3.05, 3.63) is 35.6 Å². The Morgan fingerprint density at radius 2 is 2.08 bits per heavy atom. The summed E-state index contributed by atoms with van der Waals surface area (Å²) in [5.41, 5.74) is 5.71. The lowest BCUT2D eigenvalue weighted by Gasteiger charge is -2.16. The Hall–Kier alpha value is -1.20. The van der Waals surface area contributed by atoms with Gasteiger partial charge in [0.15, 0.2) is 5.11 Å². The van der Waals surface area contributed by atoms with E-state index in [9.17, 15) is 4.39 Å². The highest BCUT2D eigenvalue weighted by molar-refractivity contribution is 7.80. The van der Waals surface area contributed by atoms with Crippen molar-refractivity contribution in [2.75, 3.05) is 0 Å². The quantitative estimate of drug-likeness (QED) is 0.419. The lowest BCUT2D eigenvalue weighted by Crippen LogP contribution is -2.40. The van der Waals surface area contributed by atoms with Crippen LogP contribution in [0.5, 0.6) is 0 Å². The number of nitrogens with two attached hydrogens (primary N) is 2. The van der Waals surface area contributed by atoms with Crippen molar-refractivity contribution in [3.63, 3.8) is 0 Å². The molecule has 13 heavy (non-hydrogen) atoms. The van der Waals surface area contributed by atoms with Crippen molar-refractivity contribution in [2.45, 2.75) is 6.54 Å². The van der Waals surface area contributed by atoms with Gasteiger partial charge in [0, 0.05) is 5.56 Å². The van der Waals surface area contributed by atoms with Gasteiger partial charge in [-0.1, -0.05) is 18.2 Å². The van der Waals surface area contributed by atoms with Crippen molar-refractivity contribution < 1.29 is 4.39 Å². The maximum atomic E-state index is 13.0. The molecule has 0 bridgehead atoms. The predicted octanol–water partition coefficient (Wildman–Crippen LogP) is 0.745. The molecule has 0 aliphatic rings. The smallest absolute Gasteiger partial charge is 0.180 e. The monoisotopic (exact) mass is 199 g/mol. The fraction of sp³-hybridized carbons (Fsp3) is 0.125. The van der Waals surface area contributed by atoms with Crippen LogP contribution in [0.1, 0.15) is 5.56 Å². The number of rotatable bonds is 2. The van der Waals surface area contributed by atoms with Crippen LogP contribution in [0.4, 0.5) is 4.39 Å². The zero-order chi connectivity index (χ0) is 9.84. The number of hydrogen-bond donors (Lipinski definition) is 2. The van der Waals surface area contributed by atoms with Crippen LogP contribution in [0.15, 0.2) is 24.3 Å². The SMILES string of the molecule is NC(=S)N(N)Cc1ccccc1F. The molecule has 0 heterocycles. The highest BCUT2D eigenvalue weighted by Crippen LogP contribution is 2.07. The van der Waals surface area contributed by atoms with Gasteiger partial charge in [-0.2, -0.15) is 0 Å². The molecule has 0 aliphatic heterocycles. The molecule has 0 spiro atoms. The minimum absolute atomic E-state index is 0.0447. The van der Waals surface area contributed by atoms with Gasteiger partial charge in [0.05, 0.1) is 6.54 Å². The van der Waals surface area contributed by atoms with Gasteiger partial charge >= 0.3 is 0 Å². The molecule has 1 aromatic carbocycles. The number of hydrazine groups is 1. The molecule has 0 amide bonds. The lowest BCUT2D eigenvalue weighted by atomic mass is 10.2. The number of benzene rings is 1. The third-order valence-electron chi connectivity index (χ3n) is 1.58. The first-order valence-electron chi connectivity index (χ1n) is 3.66. The Bertz CT molecular complexity index is 316. The highest BCUT2D eigenvalue weighted by Gasteiger charge is 2.05. The Labute approximate surface area is 81.1 Å². The molecule has 0 aromatic heterocycles. The van der Waals surface area contributed by atoms with Crippen molar-refractivity contribution >= 4 is 17.3 Å². The standard InChI is InChI=1S/C8H10FN3S/c9-7-4-2-1-3-6(7)5-12(11)8(10)13/h1-4H,5,11H2,(H2,10,13). The summed E-state index contributed by atoms with van der Waals surface area (Å²) in [6.07, 6.45) is 0. The average molecular weight is 199 g/mol. The van der Waals surface area contributed by atoms with Crippen LogP contribution in [-0.4, -0.2) is 10.1 Å². The van der Waals surface area contributed by atoms with Crippen molar-refractivity contribution in [3.8, 4) is 0 Å². The molecule has 4 N–H and O–H groups in total. The fourth-order valence-electron chi connectivity index (χ4n) is 0.888. The second kappa shape index (κ2) is 4.15. The van der Waals surface area contributed by atoms with Gasteiger partial charge in [0.25, 0.3) is 0 Å². The molecule has 0 saturated heterocycles. The van der Waals surface area contributed by atoms with Gasteiger partial charge in [-0.25, -0.2) is 10.2 Å². The van der Waals surface area contributed by atoms with E-state index in [2.05, 4.69) is 12.2 Å². The van der Waals surface area contributed by atoms with Gasteiger partial charge in [-0.05, 0) is 18.3 Å². The molecule has 1 aromatic rings. The summed E-state index contributed by atoms with van der Waals surface area (Å²) >= 11 is 4.62.